The van der Waals surface area contributed by atoms with Gasteiger partial charge in [-0.1, -0.05) is 6.92 Å². The van der Waals surface area contributed by atoms with E-state index in [9.17, 15) is 13.2 Å². The standard InChI is InChI=1S/C10H16N2O4S/c1-4-17(15,16)6-5-12-8(3)9(10(13)14)7(2)11-12/h4-6H2,1-3H3,(H,13,14). The number of rotatable bonds is 5. The number of hydrogen-bond donors (Lipinski definition) is 1. The van der Waals surface area contributed by atoms with Gasteiger partial charge in [0, 0.05) is 5.75 Å². The highest BCUT2D eigenvalue weighted by Crippen LogP contribution is 2.12. The summed E-state index contributed by atoms with van der Waals surface area (Å²) in [6.45, 7) is 5.00. The molecule has 1 rings (SSSR count). The fourth-order valence-electron chi connectivity index (χ4n) is 1.59. The van der Waals surface area contributed by atoms with Crippen molar-refractivity contribution in [2.75, 3.05) is 11.5 Å². The fourth-order valence-corrected chi connectivity index (χ4v) is 2.33. The van der Waals surface area contributed by atoms with Gasteiger partial charge in [0.2, 0.25) is 0 Å². The first-order chi connectivity index (χ1) is 7.78. The van der Waals surface area contributed by atoms with E-state index in [2.05, 4.69) is 5.10 Å². The van der Waals surface area contributed by atoms with Crippen LogP contribution in [-0.2, 0) is 16.4 Å². The van der Waals surface area contributed by atoms with Crippen molar-refractivity contribution >= 4 is 15.8 Å². The Hall–Kier alpha value is -1.37. The van der Waals surface area contributed by atoms with Gasteiger partial charge in [0.05, 0.1) is 23.7 Å². The van der Waals surface area contributed by atoms with Crippen molar-refractivity contribution in [1.82, 2.24) is 9.78 Å². The molecule has 17 heavy (non-hydrogen) atoms. The van der Waals surface area contributed by atoms with E-state index in [1.54, 1.807) is 20.8 Å². The molecule has 1 aromatic rings. The molecule has 0 aliphatic rings. The molecule has 1 heterocycles. The van der Waals surface area contributed by atoms with Crippen molar-refractivity contribution in [2.24, 2.45) is 0 Å². The number of aryl methyl sites for hydroxylation is 2. The van der Waals surface area contributed by atoms with Crippen LogP contribution in [0.3, 0.4) is 0 Å². The average molecular weight is 260 g/mol. The molecule has 0 aliphatic carbocycles. The number of carbonyl (C=O) groups is 1. The van der Waals surface area contributed by atoms with Crippen molar-refractivity contribution in [2.45, 2.75) is 27.3 Å². The second-order valence-electron chi connectivity index (χ2n) is 3.81. The van der Waals surface area contributed by atoms with Gasteiger partial charge in [0.15, 0.2) is 9.84 Å². The number of aromatic carboxylic acids is 1. The zero-order valence-electron chi connectivity index (χ0n) is 10.1. The van der Waals surface area contributed by atoms with E-state index in [0.717, 1.165) is 0 Å². The third-order valence-corrected chi connectivity index (χ3v) is 4.33. The molecule has 0 unspecified atom stereocenters. The van der Waals surface area contributed by atoms with Gasteiger partial charge >= 0.3 is 5.97 Å². The highest BCUT2D eigenvalue weighted by Gasteiger charge is 2.18. The van der Waals surface area contributed by atoms with E-state index < -0.39 is 15.8 Å². The van der Waals surface area contributed by atoms with Crippen molar-refractivity contribution in [1.29, 1.82) is 0 Å². The lowest BCUT2D eigenvalue weighted by Gasteiger charge is -2.04. The Morgan fingerprint density at radius 3 is 2.41 bits per heavy atom. The Morgan fingerprint density at radius 1 is 1.41 bits per heavy atom. The summed E-state index contributed by atoms with van der Waals surface area (Å²) in [5.74, 6) is -0.979. The number of carboxylic acids is 1. The number of carboxylic acid groups (broad SMARTS) is 1. The topological polar surface area (TPSA) is 89.3 Å². The van der Waals surface area contributed by atoms with E-state index >= 15 is 0 Å². The van der Waals surface area contributed by atoms with Crippen LogP contribution in [0.1, 0.15) is 28.7 Å². The zero-order valence-corrected chi connectivity index (χ0v) is 10.9. The number of sulfone groups is 1. The van der Waals surface area contributed by atoms with Crippen LogP contribution in [0.15, 0.2) is 0 Å². The van der Waals surface area contributed by atoms with Gasteiger partial charge in [0.25, 0.3) is 0 Å². The van der Waals surface area contributed by atoms with E-state index in [-0.39, 0.29) is 23.6 Å². The zero-order chi connectivity index (χ0) is 13.2. The van der Waals surface area contributed by atoms with Gasteiger partial charge < -0.3 is 5.11 Å². The van der Waals surface area contributed by atoms with Gasteiger partial charge in [-0.05, 0) is 13.8 Å². The smallest absolute Gasteiger partial charge is 0.339 e. The van der Waals surface area contributed by atoms with Gasteiger partial charge in [-0.2, -0.15) is 5.10 Å². The highest BCUT2D eigenvalue weighted by atomic mass is 32.2. The molecular formula is C10H16N2O4S. The predicted molar refractivity (Wildman–Crippen MR) is 63.0 cm³/mol. The Balaban J connectivity index is 2.95. The van der Waals surface area contributed by atoms with E-state index in [4.69, 9.17) is 5.11 Å². The maximum atomic E-state index is 11.4. The normalized spacial score (nSPS) is 11.7. The summed E-state index contributed by atoms with van der Waals surface area (Å²) in [6, 6.07) is 0. The lowest BCUT2D eigenvalue weighted by molar-refractivity contribution is 0.0695. The number of aromatic nitrogens is 2. The maximum absolute atomic E-state index is 11.4. The van der Waals surface area contributed by atoms with Crippen molar-refractivity contribution in [3.05, 3.63) is 17.0 Å². The van der Waals surface area contributed by atoms with Gasteiger partial charge in [-0.25, -0.2) is 13.2 Å². The van der Waals surface area contributed by atoms with Crippen LogP contribution in [-0.4, -0.2) is 40.8 Å². The van der Waals surface area contributed by atoms with Gasteiger partial charge in [0.1, 0.15) is 5.56 Å². The van der Waals surface area contributed by atoms with Crippen LogP contribution in [0.4, 0.5) is 0 Å². The summed E-state index contributed by atoms with van der Waals surface area (Å²) in [6.07, 6.45) is 0. The van der Waals surface area contributed by atoms with E-state index in [1.165, 1.54) is 4.68 Å². The third-order valence-electron chi connectivity index (χ3n) is 2.65. The minimum absolute atomic E-state index is 0.0233. The first kappa shape index (κ1) is 13.7. The Kier molecular flexibility index (Phi) is 3.92. The Labute approximate surface area is 100 Å². The quantitative estimate of drug-likeness (QED) is 0.838. The van der Waals surface area contributed by atoms with Crippen LogP contribution in [0.25, 0.3) is 0 Å². The summed E-state index contributed by atoms with van der Waals surface area (Å²) in [5.41, 5.74) is 1.05. The molecule has 0 aromatic carbocycles. The van der Waals surface area contributed by atoms with Crippen LogP contribution in [0.5, 0.6) is 0 Å². The molecule has 0 saturated carbocycles. The second kappa shape index (κ2) is 4.87. The van der Waals surface area contributed by atoms with Crippen molar-refractivity contribution < 1.29 is 18.3 Å². The van der Waals surface area contributed by atoms with Crippen LogP contribution >= 0.6 is 0 Å². The summed E-state index contributed by atoms with van der Waals surface area (Å²) < 4.78 is 24.1. The Bertz CT molecular complexity index is 531. The first-order valence-electron chi connectivity index (χ1n) is 5.26. The molecule has 0 amide bonds. The molecule has 0 fully saturated rings. The molecule has 0 bridgehead atoms. The van der Waals surface area contributed by atoms with Gasteiger partial charge in [-0.3, -0.25) is 4.68 Å². The van der Waals surface area contributed by atoms with E-state index in [0.29, 0.717) is 11.4 Å². The molecule has 7 heteroatoms. The summed E-state index contributed by atoms with van der Waals surface area (Å²) in [4.78, 5) is 10.9. The van der Waals surface area contributed by atoms with Gasteiger partial charge in [-0.15, -0.1) is 0 Å². The molecule has 1 N–H and O–H groups in total. The first-order valence-corrected chi connectivity index (χ1v) is 7.08. The van der Waals surface area contributed by atoms with Crippen LogP contribution in [0, 0.1) is 13.8 Å². The van der Waals surface area contributed by atoms with Crippen LogP contribution < -0.4 is 0 Å². The molecule has 0 spiro atoms. The lowest BCUT2D eigenvalue weighted by atomic mass is 10.2. The Morgan fingerprint density at radius 2 is 2.00 bits per heavy atom. The SMILES string of the molecule is CCS(=O)(=O)CCn1nc(C)c(C(=O)O)c1C. The minimum atomic E-state index is -3.07. The molecular weight excluding hydrogens is 244 g/mol. The molecule has 1 aromatic heterocycles. The predicted octanol–water partition coefficient (Wildman–Crippen LogP) is 0.633. The molecule has 0 atom stereocenters. The maximum Gasteiger partial charge on any atom is 0.339 e. The number of hydrogen-bond acceptors (Lipinski definition) is 4. The summed E-state index contributed by atoms with van der Waals surface area (Å²) in [7, 11) is -3.07. The van der Waals surface area contributed by atoms with Crippen molar-refractivity contribution in [3.8, 4) is 0 Å². The third kappa shape index (κ3) is 3.06. The number of nitrogens with zero attached hydrogens (tertiary/aromatic N) is 2. The monoisotopic (exact) mass is 260 g/mol. The molecule has 0 radical (unpaired) electrons. The van der Waals surface area contributed by atoms with Crippen molar-refractivity contribution in [3.63, 3.8) is 0 Å². The molecule has 0 aliphatic heterocycles. The molecule has 6 nitrogen and oxygen atoms in total. The summed E-state index contributed by atoms with van der Waals surface area (Å²) >= 11 is 0. The van der Waals surface area contributed by atoms with Crippen LogP contribution in [0.2, 0.25) is 0 Å². The molecule has 96 valence electrons. The highest BCUT2D eigenvalue weighted by molar-refractivity contribution is 7.91. The summed E-state index contributed by atoms with van der Waals surface area (Å²) in [5, 5.41) is 13.0. The average Bonchev–Trinajstić information content (AvgIpc) is 2.51. The molecule has 0 saturated heterocycles. The lowest BCUT2D eigenvalue weighted by Crippen LogP contribution is -2.16. The minimum Gasteiger partial charge on any atom is -0.478 e. The fraction of sp³-hybridized carbons (Fsp3) is 0.600. The second-order valence-corrected chi connectivity index (χ2v) is 6.28. The van der Waals surface area contributed by atoms with E-state index in [1.807, 2.05) is 0 Å². The largest absolute Gasteiger partial charge is 0.478 e.